The smallest absolute Gasteiger partial charge is 0.126 e. The van der Waals surface area contributed by atoms with Crippen molar-refractivity contribution < 1.29 is 4.39 Å². The van der Waals surface area contributed by atoms with Crippen LogP contribution in [0.1, 0.15) is 12.0 Å². The Morgan fingerprint density at radius 3 is 2.80 bits per heavy atom. The van der Waals surface area contributed by atoms with Crippen LogP contribution in [0.5, 0.6) is 0 Å². The van der Waals surface area contributed by atoms with Gasteiger partial charge < -0.3 is 5.32 Å². The zero-order chi connectivity index (χ0) is 9.60. The summed E-state index contributed by atoms with van der Waals surface area (Å²) in [5, 5.41) is 3.38. The van der Waals surface area contributed by atoms with E-state index in [4.69, 9.17) is 0 Å². The number of hydrogen-bond acceptors (Lipinski definition) is 1. The first-order valence-electron chi connectivity index (χ1n) is 5.24. The molecule has 15 heavy (non-hydrogen) atoms. The molecular formula is C12H15ClFN. The number of hydrogen-bond donors (Lipinski definition) is 1. The molecule has 0 radical (unpaired) electrons. The molecule has 1 aliphatic heterocycles. The van der Waals surface area contributed by atoms with Gasteiger partial charge in [-0.3, -0.25) is 0 Å². The Hall–Kier alpha value is -0.600. The van der Waals surface area contributed by atoms with E-state index in [1.807, 2.05) is 12.1 Å². The largest absolute Gasteiger partial charge is 0.316 e. The predicted octanol–water partition coefficient (Wildman–Crippen LogP) is 2.40. The Morgan fingerprint density at radius 1 is 1.40 bits per heavy atom. The number of halogens is 2. The van der Waals surface area contributed by atoms with Crippen LogP contribution in [0, 0.1) is 17.2 Å². The molecule has 1 saturated carbocycles. The zero-order valence-corrected chi connectivity index (χ0v) is 9.32. The van der Waals surface area contributed by atoms with Crippen molar-refractivity contribution in [2.45, 2.75) is 12.8 Å². The summed E-state index contributed by atoms with van der Waals surface area (Å²) < 4.78 is 13.4. The van der Waals surface area contributed by atoms with E-state index in [1.165, 1.54) is 6.42 Å². The number of piperidine rings is 1. The van der Waals surface area contributed by atoms with Crippen LogP contribution in [0.15, 0.2) is 24.3 Å². The molecule has 2 atom stereocenters. The van der Waals surface area contributed by atoms with Crippen LogP contribution in [0.4, 0.5) is 4.39 Å². The Bertz CT molecular complexity index is 368. The maximum absolute atomic E-state index is 13.4. The lowest BCUT2D eigenvalue weighted by Crippen LogP contribution is -2.18. The molecule has 1 nitrogen and oxygen atoms in total. The minimum Gasteiger partial charge on any atom is -0.316 e. The van der Waals surface area contributed by atoms with Gasteiger partial charge in [-0.1, -0.05) is 18.2 Å². The average Bonchev–Trinajstić information content (AvgIpc) is 2.72. The van der Waals surface area contributed by atoms with Gasteiger partial charge in [0.2, 0.25) is 0 Å². The second kappa shape index (κ2) is 3.76. The molecule has 2 fully saturated rings. The fourth-order valence-corrected chi connectivity index (χ4v) is 2.73. The van der Waals surface area contributed by atoms with Gasteiger partial charge in [0.1, 0.15) is 5.82 Å². The standard InChI is InChI=1S/C12H14FN.ClH/c13-11-4-2-1-3-9(11)5-12-6-10(12)7-14-8-12;/h1-4,10,14H,5-8H2;1H. The van der Waals surface area contributed by atoms with Crippen LogP contribution in [-0.4, -0.2) is 13.1 Å². The fourth-order valence-electron chi connectivity index (χ4n) is 2.73. The van der Waals surface area contributed by atoms with Gasteiger partial charge in [0, 0.05) is 6.54 Å². The molecule has 1 aromatic rings. The second-order valence-electron chi connectivity index (χ2n) is 4.66. The van der Waals surface area contributed by atoms with Gasteiger partial charge in [0.25, 0.3) is 0 Å². The van der Waals surface area contributed by atoms with Gasteiger partial charge >= 0.3 is 0 Å². The Morgan fingerprint density at radius 2 is 2.20 bits per heavy atom. The second-order valence-corrected chi connectivity index (χ2v) is 4.66. The molecule has 1 heterocycles. The van der Waals surface area contributed by atoms with Crippen molar-refractivity contribution in [3.05, 3.63) is 35.6 Å². The van der Waals surface area contributed by atoms with Crippen molar-refractivity contribution in [1.82, 2.24) is 5.32 Å². The van der Waals surface area contributed by atoms with Crippen LogP contribution in [0.3, 0.4) is 0 Å². The highest BCUT2D eigenvalue weighted by molar-refractivity contribution is 5.85. The molecule has 1 aliphatic carbocycles. The lowest BCUT2D eigenvalue weighted by atomic mass is 9.95. The first-order valence-corrected chi connectivity index (χ1v) is 5.24. The van der Waals surface area contributed by atoms with Crippen molar-refractivity contribution in [3.63, 3.8) is 0 Å². The molecule has 0 aromatic heterocycles. The van der Waals surface area contributed by atoms with Gasteiger partial charge in [0.15, 0.2) is 0 Å². The van der Waals surface area contributed by atoms with Crippen molar-refractivity contribution in [1.29, 1.82) is 0 Å². The molecule has 2 unspecified atom stereocenters. The third kappa shape index (κ3) is 1.77. The third-order valence-corrected chi connectivity index (χ3v) is 3.73. The topological polar surface area (TPSA) is 12.0 Å². The van der Waals surface area contributed by atoms with Gasteiger partial charge in [0.05, 0.1) is 0 Å². The molecule has 1 saturated heterocycles. The molecular weight excluding hydrogens is 213 g/mol. The average molecular weight is 228 g/mol. The number of nitrogens with one attached hydrogen (secondary N) is 1. The lowest BCUT2D eigenvalue weighted by Gasteiger charge is -2.11. The Balaban J connectivity index is 0.000000853. The van der Waals surface area contributed by atoms with E-state index in [-0.39, 0.29) is 18.2 Å². The lowest BCUT2D eigenvalue weighted by molar-refractivity contribution is 0.493. The van der Waals surface area contributed by atoms with Crippen molar-refractivity contribution in [3.8, 4) is 0 Å². The zero-order valence-electron chi connectivity index (χ0n) is 8.50. The molecule has 0 amide bonds. The molecule has 0 bridgehead atoms. The summed E-state index contributed by atoms with van der Waals surface area (Å²) >= 11 is 0. The minimum atomic E-state index is -0.0422. The van der Waals surface area contributed by atoms with Gasteiger partial charge in [-0.05, 0) is 42.3 Å². The Kier molecular flexibility index (Phi) is 2.73. The summed E-state index contributed by atoms with van der Waals surface area (Å²) in [4.78, 5) is 0. The number of rotatable bonds is 2. The molecule has 1 aromatic carbocycles. The molecule has 1 N–H and O–H groups in total. The molecule has 0 spiro atoms. The fraction of sp³-hybridized carbons (Fsp3) is 0.500. The van der Waals surface area contributed by atoms with Crippen LogP contribution < -0.4 is 5.32 Å². The van der Waals surface area contributed by atoms with E-state index in [1.54, 1.807) is 12.1 Å². The van der Waals surface area contributed by atoms with E-state index in [0.717, 1.165) is 31.0 Å². The summed E-state index contributed by atoms with van der Waals surface area (Å²) in [6, 6.07) is 7.16. The first-order chi connectivity index (χ1) is 6.80. The molecule has 2 aliphatic rings. The number of fused-ring (bicyclic) bond motifs is 1. The summed E-state index contributed by atoms with van der Waals surface area (Å²) in [6.45, 7) is 2.21. The summed E-state index contributed by atoms with van der Waals surface area (Å²) in [5.74, 6) is 0.765. The summed E-state index contributed by atoms with van der Waals surface area (Å²) in [7, 11) is 0. The predicted molar refractivity (Wildman–Crippen MR) is 60.8 cm³/mol. The van der Waals surface area contributed by atoms with Crippen LogP contribution >= 0.6 is 12.4 Å². The van der Waals surface area contributed by atoms with Gasteiger partial charge in [-0.25, -0.2) is 4.39 Å². The van der Waals surface area contributed by atoms with E-state index in [9.17, 15) is 4.39 Å². The van der Waals surface area contributed by atoms with E-state index in [0.29, 0.717) is 5.41 Å². The summed E-state index contributed by atoms with van der Waals surface area (Å²) in [6.07, 6.45) is 2.20. The third-order valence-electron chi connectivity index (χ3n) is 3.73. The van der Waals surface area contributed by atoms with E-state index >= 15 is 0 Å². The minimum absolute atomic E-state index is 0. The van der Waals surface area contributed by atoms with Gasteiger partial charge in [-0.15, -0.1) is 12.4 Å². The first kappa shape index (κ1) is 10.9. The summed E-state index contributed by atoms with van der Waals surface area (Å²) in [5.41, 5.74) is 1.29. The quantitative estimate of drug-likeness (QED) is 0.818. The van der Waals surface area contributed by atoms with E-state index in [2.05, 4.69) is 5.32 Å². The normalized spacial score (nSPS) is 31.9. The maximum Gasteiger partial charge on any atom is 0.126 e. The molecule has 82 valence electrons. The highest BCUT2D eigenvalue weighted by Gasteiger charge is 2.56. The Labute approximate surface area is 95.5 Å². The van der Waals surface area contributed by atoms with Crippen molar-refractivity contribution >= 4 is 12.4 Å². The number of benzene rings is 1. The SMILES string of the molecule is Cl.Fc1ccccc1CC12CNCC1C2. The van der Waals surface area contributed by atoms with Crippen LogP contribution in [0.2, 0.25) is 0 Å². The van der Waals surface area contributed by atoms with Crippen LogP contribution in [0.25, 0.3) is 0 Å². The van der Waals surface area contributed by atoms with Crippen LogP contribution in [-0.2, 0) is 6.42 Å². The van der Waals surface area contributed by atoms with E-state index < -0.39 is 0 Å². The van der Waals surface area contributed by atoms with Crippen molar-refractivity contribution in [2.75, 3.05) is 13.1 Å². The highest BCUT2D eigenvalue weighted by atomic mass is 35.5. The maximum atomic E-state index is 13.4. The monoisotopic (exact) mass is 227 g/mol. The van der Waals surface area contributed by atoms with Crippen molar-refractivity contribution in [2.24, 2.45) is 11.3 Å². The highest BCUT2D eigenvalue weighted by Crippen LogP contribution is 2.56. The molecule has 3 heteroatoms. The molecule has 3 rings (SSSR count). The van der Waals surface area contributed by atoms with Gasteiger partial charge in [-0.2, -0.15) is 0 Å².